The van der Waals surface area contributed by atoms with Crippen molar-refractivity contribution in [3.05, 3.63) is 52.0 Å². The minimum atomic E-state index is -0.362. The number of urea groups is 1. The molecular weight excluding hydrogens is 417 g/mol. The van der Waals surface area contributed by atoms with Crippen LogP contribution in [0.25, 0.3) is 0 Å². The summed E-state index contributed by atoms with van der Waals surface area (Å²) in [5, 5.41) is 4.88. The van der Waals surface area contributed by atoms with Gasteiger partial charge in [0, 0.05) is 30.6 Å². The van der Waals surface area contributed by atoms with E-state index in [9.17, 15) is 14.0 Å². The Balaban J connectivity index is 1.73. The van der Waals surface area contributed by atoms with E-state index >= 15 is 0 Å². The number of ether oxygens (including phenoxy) is 1. The van der Waals surface area contributed by atoms with Gasteiger partial charge >= 0.3 is 6.03 Å². The number of rotatable bonds is 9. The van der Waals surface area contributed by atoms with Crippen LogP contribution in [0.5, 0.6) is 5.75 Å². The Bertz CT molecular complexity index is 888. The Kier molecular flexibility index (Phi) is 8.28. The van der Waals surface area contributed by atoms with Crippen LogP contribution in [0.1, 0.15) is 43.2 Å². The molecule has 0 saturated carbocycles. The van der Waals surface area contributed by atoms with Gasteiger partial charge in [-0.05, 0) is 48.4 Å². The highest BCUT2D eigenvalue weighted by Crippen LogP contribution is 2.34. The molecule has 1 aromatic carbocycles. The summed E-state index contributed by atoms with van der Waals surface area (Å²) < 4.78 is 19.4. The zero-order valence-corrected chi connectivity index (χ0v) is 18.9. The molecule has 0 unspecified atom stereocenters. The van der Waals surface area contributed by atoms with E-state index in [1.54, 1.807) is 33.3 Å². The quantitative estimate of drug-likeness (QED) is 0.626. The molecule has 2 aromatic rings. The molecule has 3 rings (SSSR count). The number of benzene rings is 1. The molecule has 0 bridgehead atoms. The largest absolute Gasteiger partial charge is 0.491 e. The van der Waals surface area contributed by atoms with Crippen molar-refractivity contribution in [1.29, 1.82) is 0 Å². The third kappa shape index (κ3) is 5.97. The van der Waals surface area contributed by atoms with Crippen molar-refractivity contribution in [3.63, 3.8) is 0 Å². The van der Waals surface area contributed by atoms with Crippen molar-refractivity contribution in [2.24, 2.45) is 0 Å². The van der Waals surface area contributed by atoms with Crippen LogP contribution in [-0.4, -0.2) is 54.5 Å². The molecule has 2 heterocycles. The highest BCUT2D eigenvalue weighted by molar-refractivity contribution is 7.10. The van der Waals surface area contributed by atoms with Crippen LogP contribution in [0.15, 0.2) is 35.7 Å². The molecule has 0 aliphatic carbocycles. The fraction of sp³-hybridized carbons (Fsp3) is 0.478. The van der Waals surface area contributed by atoms with Crippen LogP contribution in [0.4, 0.5) is 9.18 Å². The molecule has 1 aliphatic heterocycles. The van der Waals surface area contributed by atoms with Crippen LogP contribution in [0, 0.1) is 5.82 Å². The molecule has 6 nitrogen and oxygen atoms in total. The van der Waals surface area contributed by atoms with E-state index < -0.39 is 0 Å². The number of nitrogens with one attached hydrogen (secondary N) is 1. The van der Waals surface area contributed by atoms with Gasteiger partial charge in [-0.1, -0.05) is 19.9 Å². The number of carbonyl (C=O) groups is 2. The predicted octanol–water partition coefficient (Wildman–Crippen LogP) is 4.22. The average molecular weight is 448 g/mol. The number of fused-ring (bicyclic) bond motifs is 1. The molecule has 168 valence electrons. The molecule has 0 fully saturated rings. The molecule has 1 N–H and O–H groups in total. The van der Waals surface area contributed by atoms with Gasteiger partial charge in [0.05, 0.1) is 6.04 Å². The first-order valence-corrected chi connectivity index (χ1v) is 11.7. The van der Waals surface area contributed by atoms with Crippen LogP contribution >= 0.6 is 11.3 Å². The summed E-state index contributed by atoms with van der Waals surface area (Å²) in [6.45, 7) is 5.90. The van der Waals surface area contributed by atoms with Crippen molar-refractivity contribution < 1.29 is 18.7 Å². The molecular formula is C23H30FN3O3S. The molecule has 0 spiro atoms. The standard InChI is InChI=1S/C23H30FN3O3S/c1-3-10-25-23(29)26(11-4-2)15-22(28)27-12-8-21-19(9-13-31-21)20(27)16-30-18-7-5-6-17(24)14-18/h5-7,9,13-14,20H,3-4,8,10-12,15-16H2,1-2H3,(H,25,29)/t20-/m0/s1. The average Bonchev–Trinajstić information content (AvgIpc) is 3.24. The van der Waals surface area contributed by atoms with Crippen LogP contribution in [0.3, 0.4) is 0 Å². The van der Waals surface area contributed by atoms with Gasteiger partial charge in [-0.15, -0.1) is 11.3 Å². The van der Waals surface area contributed by atoms with E-state index in [0.29, 0.717) is 25.4 Å². The normalized spacial score (nSPS) is 15.3. The first kappa shape index (κ1) is 23.1. The third-order valence-corrected chi connectivity index (χ3v) is 6.25. The van der Waals surface area contributed by atoms with E-state index in [-0.39, 0.29) is 36.9 Å². The first-order chi connectivity index (χ1) is 15.0. The summed E-state index contributed by atoms with van der Waals surface area (Å²) in [7, 11) is 0. The Labute approximate surface area is 187 Å². The Morgan fingerprint density at radius 3 is 2.87 bits per heavy atom. The zero-order valence-electron chi connectivity index (χ0n) is 18.1. The van der Waals surface area contributed by atoms with Gasteiger partial charge in [-0.2, -0.15) is 0 Å². The maximum atomic E-state index is 13.5. The molecule has 0 radical (unpaired) electrons. The number of amides is 3. The van der Waals surface area contributed by atoms with E-state index in [1.165, 1.54) is 17.0 Å². The van der Waals surface area contributed by atoms with Crippen LogP contribution in [-0.2, 0) is 11.2 Å². The molecule has 8 heteroatoms. The van der Waals surface area contributed by atoms with Gasteiger partial charge in [0.15, 0.2) is 0 Å². The van der Waals surface area contributed by atoms with Gasteiger partial charge in [-0.3, -0.25) is 4.79 Å². The molecule has 3 amide bonds. The summed E-state index contributed by atoms with van der Waals surface area (Å²) in [4.78, 5) is 30.3. The number of nitrogens with zero attached hydrogens (tertiary/aromatic N) is 2. The number of hydrogen-bond donors (Lipinski definition) is 1. The summed E-state index contributed by atoms with van der Waals surface area (Å²) in [5.74, 6) is -0.0373. The van der Waals surface area contributed by atoms with Crippen molar-refractivity contribution in [2.75, 3.05) is 32.8 Å². The van der Waals surface area contributed by atoms with Crippen molar-refractivity contribution in [1.82, 2.24) is 15.1 Å². The molecule has 1 aliphatic rings. The molecule has 31 heavy (non-hydrogen) atoms. The van der Waals surface area contributed by atoms with E-state index in [2.05, 4.69) is 5.32 Å². The number of carbonyl (C=O) groups excluding carboxylic acids is 2. The SMILES string of the molecule is CCCNC(=O)N(CCC)CC(=O)N1CCc2sccc2[C@@H]1COc1cccc(F)c1. The van der Waals surface area contributed by atoms with E-state index in [4.69, 9.17) is 4.74 Å². The second-order valence-electron chi connectivity index (χ2n) is 7.57. The maximum Gasteiger partial charge on any atom is 0.317 e. The summed E-state index contributed by atoms with van der Waals surface area (Å²) in [5.41, 5.74) is 1.07. The minimum Gasteiger partial charge on any atom is -0.491 e. The fourth-order valence-corrected chi connectivity index (χ4v) is 4.65. The van der Waals surface area contributed by atoms with Gasteiger partial charge in [-0.25, -0.2) is 9.18 Å². The first-order valence-electron chi connectivity index (χ1n) is 10.8. The highest BCUT2D eigenvalue weighted by Gasteiger charge is 2.33. The second kappa shape index (κ2) is 11.1. The van der Waals surface area contributed by atoms with Crippen molar-refractivity contribution >= 4 is 23.3 Å². The summed E-state index contributed by atoms with van der Waals surface area (Å²) >= 11 is 1.67. The lowest BCUT2D eigenvalue weighted by atomic mass is 10.0. The Hall–Kier alpha value is -2.61. The zero-order chi connectivity index (χ0) is 22.2. The van der Waals surface area contributed by atoms with Gasteiger partial charge in [0.25, 0.3) is 0 Å². The van der Waals surface area contributed by atoms with Gasteiger partial charge in [0.1, 0.15) is 24.7 Å². The number of hydrogen-bond acceptors (Lipinski definition) is 4. The second-order valence-corrected chi connectivity index (χ2v) is 8.57. The monoisotopic (exact) mass is 447 g/mol. The van der Waals surface area contributed by atoms with Crippen LogP contribution < -0.4 is 10.1 Å². The van der Waals surface area contributed by atoms with E-state index in [1.807, 2.05) is 25.3 Å². The predicted molar refractivity (Wildman–Crippen MR) is 120 cm³/mol. The topological polar surface area (TPSA) is 61.9 Å². The van der Waals surface area contributed by atoms with E-state index in [0.717, 1.165) is 24.8 Å². The molecule has 1 atom stereocenters. The van der Waals surface area contributed by atoms with Gasteiger partial charge in [0.2, 0.25) is 5.91 Å². The summed E-state index contributed by atoms with van der Waals surface area (Å²) in [6.07, 6.45) is 2.39. The lowest BCUT2D eigenvalue weighted by molar-refractivity contribution is -0.135. The Morgan fingerprint density at radius 2 is 2.13 bits per heavy atom. The highest BCUT2D eigenvalue weighted by atomic mass is 32.1. The fourth-order valence-electron chi connectivity index (χ4n) is 3.73. The molecule has 0 saturated heterocycles. The minimum absolute atomic E-state index is 0.0271. The van der Waals surface area contributed by atoms with Crippen LogP contribution in [0.2, 0.25) is 0 Å². The lowest BCUT2D eigenvalue weighted by Gasteiger charge is -2.37. The number of halogens is 1. The number of thiophene rings is 1. The van der Waals surface area contributed by atoms with Gasteiger partial charge < -0.3 is 19.9 Å². The molecule has 1 aromatic heterocycles. The maximum absolute atomic E-state index is 13.5. The Morgan fingerprint density at radius 1 is 1.29 bits per heavy atom. The third-order valence-electron chi connectivity index (χ3n) is 5.25. The van der Waals surface area contributed by atoms with Crippen molar-refractivity contribution in [3.8, 4) is 5.75 Å². The lowest BCUT2D eigenvalue weighted by Crippen LogP contribution is -2.50. The summed E-state index contributed by atoms with van der Waals surface area (Å²) in [6, 6.07) is 7.55. The van der Waals surface area contributed by atoms with Crippen molar-refractivity contribution in [2.45, 2.75) is 39.2 Å². The smallest absolute Gasteiger partial charge is 0.317 e.